The molecular weight excluding hydrogens is 254 g/mol. The maximum Gasteiger partial charge on any atom is 0.350 e. The highest BCUT2D eigenvalue weighted by Crippen LogP contribution is 2.29. The van der Waals surface area contributed by atoms with E-state index in [4.69, 9.17) is 10.5 Å². The number of aromatic nitrogens is 2. The summed E-state index contributed by atoms with van der Waals surface area (Å²) in [6.07, 6.45) is 0. The van der Waals surface area contributed by atoms with Gasteiger partial charge in [0.25, 0.3) is 0 Å². The van der Waals surface area contributed by atoms with E-state index in [-0.39, 0.29) is 5.13 Å². The Balaban J connectivity index is 2.52. The molecule has 18 heavy (non-hydrogen) atoms. The SMILES string of the molecule is COC(=O)c1sc(N)nc1-c1cccc(OC)n1. The van der Waals surface area contributed by atoms with E-state index in [1.54, 1.807) is 18.2 Å². The zero-order chi connectivity index (χ0) is 13.1. The minimum Gasteiger partial charge on any atom is -0.481 e. The first-order chi connectivity index (χ1) is 8.65. The number of ether oxygens (including phenoxy) is 2. The van der Waals surface area contributed by atoms with Crippen molar-refractivity contribution in [3.63, 3.8) is 0 Å². The maximum absolute atomic E-state index is 11.6. The summed E-state index contributed by atoms with van der Waals surface area (Å²) in [6.45, 7) is 0. The lowest BCUT2D eigenvalue weighted by Crippen LogP contribution is -2.01. The number of anilines is 1. The van der Waals surface area contributed by atoms with Crippen LogP contribution in [0.2, 0.25) is 0 Å². The molecule has 2 rings (SSSR count). The van der Waals surface area contributed by atoms with Crippen LogP contribution in [0.15, 0.2) is 18.2 Å². The number of hydrogen-bond donors (Lipinski definition) is 1. The Hall–Kier alpha value is -2.15. The molecule has 94 valence electrons. The molecule has 0 saturated heterocycles. The molecule has 0 unspecified atom stereocenters. The van der Waals surface area contributed by atoms with E-state index in [2.05, 4.69) is 14.7 Å². The first-order valence-electron chi connectivity index (χ1n) is 5.01. The lowest BCUT2D eigenvalue weighted by Gasteiger charge is -2.02. The molecule has 0 amide bonds. The van der Waals surface area contributed by atoms with Crippen LogP contribution in [0, 0.1) is 0 Å². The van der Waals surface area contributed by atoms with E-state index in [0.29, 0.717) is 22.1 Å². The first-order valence-corrected chi connectivity index (χ1v) is 5.83. The normalized spacial score (nSPS) is 10.1. The molecule has 2 heterocycles. The third-order valence-corrected chi connectivity index (χ3v) is 3.05. The smallest absolute Gasteiger partial charge is 0.350 e. The predicted molar refractivity (Wildman–Crippen MR) is 67.6 cm³/mol. The van der Waals surface area contributed by atoms with E-state index in [9.17, 15) is 4.79 Å². The number of esters is 1. The van der Waals surface area contributed by atoms with Crippen LogP contribution < -0.4 is 10.5 Å². The maximum atomic E-state index is 11.6. The highest BCUT2D eigenvalue weighted by Gasteiger charge is 2.20. The Bertz CT molecular complexity index is 583. The lowest BCUT2D eigenvalue weighted by atomic mass is 10.2. The van der Waals surface area contributed by atoms with E-state index in [1.807, 2.05) is 0 Å². The molecule has 2 N–H and O–H groups in total. The van der Waals surface area contributed by atoms with Crippen LogP contribution in [0.25, 0.3) is 11.4 Å². The zero-order valence-electron chi connectivity index (χ0n) is 9.84. The Morgan fingerprint density at radius 1 is 1.33 bits per heavy atom. The lowest BCUT2D eigenvalue weighted by molar-refractivity contribution is 0.0607. The summed E-state index contributed by atoms with van der Waals surface area (Å²) in [6, 6.07) is 5.19. The fourth-order valence-corrected chi connectivity index (χ4v) is 2.16. The van der Waals surface area contributed by atoms with Gasteiger partial charge in [-0.25, -0.2) is 14.8 Å². The summed E-state index contributed by atoms with van der Waals surface area (Å²) in [5, 5.41) is 0.287. The van der Waals surface area contributed by atoms with Crippen LogP contribution >= 0.6 is 11.3 Å². The van der Waals surface area contributed by atoms with Gasteiger partial charge in [-0.05, 0) is 6.07 Å². The summed E-state index contributed by atoms with van der Waals surface area (Å²) in [4.78, 5) is 20.3. The molecule has 0 saturated carbocycles. The van der Waals surface area contributed by atoms with Crippen LogP contribution in [0.5, 0.6) is 5.88 Å². The summed E-state index contributed by atoms with van der Waals surface area (Å²) in [7, 11) is 2.82. The van der Waals surface area contributed by atoms with E-state index in [1.165, 1.54) is 14.2 Å². The Kier molecular flexibility index (Phi) is 3.42. The standard InChI is InChI=1S/C11H11N3O3S/c1-16-7-5-3-4-6(13-7)8-9(10(15)17-2)18-11(12)14-8/h3-5H,1-2H3,(H2,12,14). The number of carbonyl (C=O) groups excluding carboxylic acids is 1. The topological polar surface area (TPSA) is 87.3 Å². The average molecular weight is 265 g/mol. The molecule has 6 nitrogen and oxygen atoms in total. The molecule has 0 aliphatic carbocycles. The van der Waals surface area contributed by atoms with Gasteiger partial charge in [-0.15, -0.1) is 0 Å². The number of nitrogen functional groups attached to an aromatic ring is 1. The van der Waals surface area contributed by atoms with Gasteiger partial charge in [-0.1, -0.05) is 17.4 Å². The van der Waals surface area contributed by atoms with Crippen molar-refractivity contribution < 1.29 is 14.3 Å². The third kappa shape index (κ3) is 2.25. The minimum atomic E-state index is -0.483. The second-order valence-corrected chi connectivity index (χ2v) is 4.32. The van der Waals surface area contributed by atoms with Crippen molar-refractivity contribution in [3.05, 3.63) is 23.1 Å². The quantitative estimate of drug-likeness (QED) is 0.848. The van der Waals surface area contributed by atoms with Gasteiger partial charge in [0.15, 0.2) is 5.13 Å². The fraction of sp³-hybridized carbons (Fsp3) is 0.182. The Morgan fingerprint density at radius 3 is 2.78 bits per heavy atom. The molecule has 0 radical (unpaired) electrons. The van der Waals surface area contributed by atoms with Crippen LogP contribution in [-0.2, 0) is 4.74 Å². The van der Waals surface area contributed by atoms with E-state index < -0.39 is 5.97 Å². The summed E-state index contributed by atoms with van der Waals surface area (Å²) < 4.78 is 9.71. The number of hydrogen-bond acceptors (Lipinski definition) is 7. The molecule has 2 aromatic heterocycles. The summed E-state index contributed by atoms with van der Waals surface area (Å²) >= 11 is 1.07. The van der Waals surface area contributed by atoms with Gasteiger partial charge in [-0.2, -0.15) is 0 Å². The number of nitrogens with two attached hydrogens (primary N) is 1. The highest BCUT2D eigenvalue weighted by atomic mass is 32.1. The molecule has 0 aliphatic rings. The number of carbonyl (C=O) groups is 1. The molecule has 0 spiro atoms. The van der Waals surface area contributed by atoms with Crippen molar-refractivity contribution in [2.24, 2.45) is 0 Å². The molecule has 0 bridgehead atoms. The molecule has 0 atom stereocenters. The highest BCUT2D eigenvalue weighted by molar-refractivity contribution is 7.17. The van der Waals surface area contributed by atoms with Gasteiger partial charge in [0.05, 0.1) is 19.9 Å². The number of rotatable bonds is 3. The minimum absolute atomic E-state index is 0.287. The van der Waals surface area contributed by atoms with Gasteiger partial charge in [0.1, 0.15) is 10.6 Å². The van der Waals surface area contributed by atoms with Crippen molar-refractivity contribution in [2.75, 3.05) is 20.0 Å². The molecule has 0 aromatic carbocycles. The Morgan fingerprint density at radius 2 is 2.11 bits per heavy atom. The number of nitrogens with zero attached hydrogens (tertiary/aromatic N) is 2. The van der Waals surface area contributed by atoms with Gasteiger partial charge < -0.3 is 15.2 Å². The van der Waals surface area contributed by atoms with Gasteiger partial charge in [0, 0.05) is 6.07 Å². The van der Waals surface area contributed by atoms with Gasteiger partial charge in [-0.3, -0.25) is 0 Å². The second-order valence-electron chi connectivity index (χ2n) is 3.29. The van der Waals surface area contributed by atoms with Crippen LogP contribution in [-0.4, -0.2) is 30.2 Å². The largest absolute Gasteiger partial charge is 0.481 e. The van der Waals surface area contributed by atoms with Crippen LogP contribution in [0.4, 0.5) is 5.13 Å². The zero-order valence-corrected chi connectivity index (χ0v) is 10.7. The fourth-order valence-electron chi connectivity index (χ4n) is 1.40. The number of pyridine rings is 1. The number of methoxy groups -OCH3 is 2. The molecular formula is C11H11N3O3S. The van der Waals surface area contributed by atoms with Crippen molar-refractivity contribution in [3.8, 4) is 17.3 Å². The van der Waals surface area contributed by atoms with Crippen LogP contribution in [0.1, 0.15) is 9.67 Å². The van der Waals surface area contributed by atoms with Crippen molar-refractivity contribution in [1.82, 2.24) is 9.97 Å². The van der Waals surface area contributed by atoms with Crippen molar-refractivity contribution in [2.45, 2.75) is 0 Å². The first kappa shape index (κ1) is 12.3. The van der Waals surface area contributed by atoms with Gasteiger partial charge in [0.2, 0.25) is 5.88 Å². The second kappa shape index (κ2) is 5.01. The summed E-state index contributed by atoms with van der Waals surface area (Å²) in [5.41, 5.74) is 6.54. The molecule has 2 aromatic rings. The molecule has 7 heteroatoms. The molecule has 0 fully saturated rings. The average Bonchev–Trinajstić information content (AvgIpc) is 2.80. The number of thiazole rings is 1. The third-order valence-electron chi connectivity index (χ3n) is 2.19. The van der Waals surface area contributed by atoms with Gasteiger partial charge >= 0.3 is 5.97 Å². The Labute approximate surface area is 107 Å². The van der Waals surface area contributed by atoms with Crippen molar-refractivity contribution >= 4 is 22.4 Å². The van der Waals surface area contributed by atoms with Crippen molar-refractivity contribution in [1.29, 1.82) is 0 Å². The monoisotopic (exact) mass is 265 g/mol. The molecule has 0 aliphatic heterocycles. The van der Waals surface area contributed by atoms with Crippen LogP contribution in [0.3, 0.4) is 0 Å². The summed E-state index contributed by atoms with van der Waals surface area (Å²) in [5.74, 6) is -0.0429. The van der Waals surface area contributed by atoms with E-state index in [0.717, 1.165) is 11.3 Å². The van der Waals surface area contributed by atoms with E-state index >= 15 is 0 Å². The predicted octanol–water partition coefficient (Wildman–Crippen LogP) is 1.58.